The summed E-state index contributed by atoms with van der Waals surface area (Å²) < 4.78 is 0. The van der Waals surface area contributed by atoms with Crippen LogP contribution in [0.2, 0.25) is 0 Å². The molecule has 0 aromatic heterocycles. The van der Waals surface area contributed by atoms with Gasteiger partial charge in [-0.05, 0) is 41.9 Å². The van der Waals surface area contributed by atoms with Gasteiger partial charge in [-0.3, -0.25) is 0 Å². The van der Waals surface area contributed by atoms with Gasteiger partial charge < -0.3 is 4.79 Å². The molecule has 0 radical (unpaired) electrons. The lowest BCUT2D eigenvalue weighted by molar-refractivity contribution is -0.112. The van der Waals surface area contributed by atoms with E-state index in [0.29, 0.717) is 5.92 Å². The second kappa shape index (κ2) is 3.81. The molecular formula is C17H20O. The summed E-state index contributed by atoms with van der Waals surface area (Å²) in [5.41, 5.74) is 6.01. The Morgan fingerprint density at radius 3 is 2.72 bits per heavy atom. The van der Waals surface area contributed by atoms with E-state index in [9.17, 15) is 4.79 Å². The molecule has 0 amide bonds. The topological polar surface area (TPSA) is 17.1 Å². The molecule has 1 nitrogen and oxygen atoms in total. The molecule has 1 aromatic rings. The molecule has 0 heterocycles. The van der Waals surface area contributed by atoms with Gasteiger partial charge >= 0.3 is 0 Å². The SMILES string of the molecule is CC1=C2C(C[C@@H](C=O)CC2(C)C)c2ccccc21. The minimum absolute atomic E-state index is 0.150. The molecular weight excluding hydrogens is 220 g/mol. The number of hydrogen-bond donors (Lipinski definition) is 0. The van der Waals surface area contributed by atoms with Gasteiger partial charge in [0.25, 0.3) is 0 Å². The van der Waals surface area contributed by atoms with Crippen molar-refractivity contribution in [1.29, 1.82) is 0 Å². The maximum atomic E-state index is 11.2. The van der Waals surface area contributed by atoms with Crippen LogP contribution in [0.3, 0.4) is 0 Å². The molecule has 3 rings (SSSR count). The number of allylic oxidation sites excluding steroid dienone is 2. The molecule has 1 fully saturated rings. The van der Waals surface area contributed by atoms with Crippen molar-refractivity contribution >= 4 is 11.9 Å². The lowest BCUT2D eigenvalue weighted by Crippen LogP contribution is -2.30. The lowest BCUT2D eigenvalue weighted by atomic mass is 9.64. The first-order valence-electron chi connectivity index (χ1n) is 6.80. The largest absolute Gasteiger partial charge is 0.303 e. The highest BCUT2D eigenvalue weighted by Crippen LogP contribution is 2.57. The Kier molecular flexibility index (Phi) is 2.48. The summed E-state index contributed by atoms with van der Waals surface area (Å²) in [7, 11) is 0. The summed E-state index contributed by atoms with van der Waals surface area (Å²) in [5.74, 6) is 0.688. The Hall–Kier alpha value is -1.37. The van der Waals surface area contributed by atoms with Crippen molar-refractivity contribution in [3.8, 4) is 0 Å². The second-order valence-corrected chi connectivity index (χ2v) is 6.40. The summed E-state index contributed by atoms with van der Waals surface area (Å²) in [6.45, 7) is 6.83. The van der Waals surface area contributed by atoms with E-state index in [-0.39, 0.29) is 11.3 Å². The van der Waals surface area contributed by atoms with E-state index < -0.39 is 0 Å². The maximum absolute atomic E-state index is 11.2. The van der Waals surface area contributed by atoms with Crippen molar-refractivity contribution in [1.82, 2.24) is 0 Å². The number of carbonyl (C=O) groups is 1. The fourth-order valence-electron chi connectivity index (χ4n) is 4.18. The van der Waals surface area contributed by atoms with Gasteiger partial charge in [0.2, 0.25) is 0 Å². The summed E-state index contributed by atoms with van der Waals surface area (Å²) in [5, 5.41) is 0. The molecule has 1 heteroatoms. The molecule has 18 heavy (non-hydrogen) atoms. The van der Waals surface area contributed by atoms with Gasteiger partial charge in [0.05, 0.1) is 0 Å². The van der Waals surface area contributed by atoms with Crippen LogP contribution in [0.5, 0.6) is 0 Å². The number of rotatable bonds is 1. The third-order valence-corrected chi connectivity index (χ3v) is 4.73. The van der Waals surface area contributed by atoms with Gasteiger partial charge in [-0.2, -0.15) is 0 Å². The third kappa shape index (κ3) is 1.50. The standard InChI is InChI=1S/C17H20O/c1-11-13-6-4-5-7-14(13)15-8-12(10-18)9-17(2,3)16(11)15/h4-7,10,12,15H,8-9H2,1-3H3/t12-,15?/m1/s1. The Morgan fingerprint density at radius 2 is 2.00 bits per heavy atom. The average molecular weight is 240 g/mol. The highest BCUT2D eigenvalue weighted by molar-refractivity contribution is 5.79. The molecule has 94 valence electrons. The average Bonchev–Trinajstić information content (AvgIpc) is 2.64. The van der Waals surface area contributed by atoms with Crippen LogP contribution in [0.1, 0.15) is 50.7 Å². The highest BCUT2D eigenvalue weighted by atomic mass is 16.1. The molecule has 1 unspecified atom stereocenters. The Balaban J connectivity index is 2.16. The summed E-state index contributed by atoms with van der Waals surface area (Å²) >= 11 is 0. The quantitative estimate of drug-likeness (QED) is 0.673. The predicted octanol–water partition coefficient (Wildman–Crippen LogP) is 4.19. The smallest absolute Gasteiger partial charge is 0.123 e. The maximum Gasteiger partial charge on any atom is 0.123 e. The minimum atomic E-state index is 0.150. The van der Waals surface area contributed by atoms with E-state index in [1.807, 2.05) is 0 Å². The van der Waals surface area contributed by atoms with Gasteiger partial charge in [0.1, 0.15) is 6.29 Å². The summed E-state index contributed by atoms with van der Waals surface area (Å²) in [6, 6.07) is 8.69. The van der Waals surface area contributed by atoms with Crippen LogP contribution in [0.4, 0.5) is 0 Å². The first-order chi connectivity index (χ1) is 8.54. The van der Waals surface area contributed by atoms with Crippen molar-refractivity contribution in [2.24, 2.45) is 11.3 Å². The van der Waals surface area contributed by atoms with E-state index >= 15 is 0 Å². The van der Waals surface area contributed by atoms with E-state index in [1.165, 1.54) is 16.7 Å². The molecule has 1 saturated carbocycles. The number of fused-ring (bicyclic) bond motifs is 3. The van der Waals surface area contributed by atoms with E-state index in [4.69, 9.17) is 0 Å². The minimum Gasteiger partial charge on any atom is -0.303 e. The van der Waals surface area contributed by atoms with Gasteiger partial charge in [0, 0.05) is 11.8 Å². The highest BCUT2D eigenvalue weighted by Gasteiger charge is 2.43. The van der Waals surface area contributed by atoms with Crippen LogP contribution < -0.4 is 0 Å². The van der Waals surface area contributed by atoms with Crippen LogP contribution in [-0.2, 0) is 4.79 Å². The number of benzene rings is 1. The Morgan fingerprint density at radius 1 is 1.28 bits per heavy atom. The molecule has 2 atom stereocenters. The van der Waals surface area contributed by atoms with E-state index in [0.717, 1.165) is 19.1 Å². The van der Waals surface area contributed by atoms with Crippen LogP contribution >= 0.6 is 0 Å². The summed E-state index contributed by atoms with van der Waals surface area (Å²) in [6.07, 6.45) is 3.15. The lowest BCUT2D eigenvalue weighted by Gasteiger charge is -2.40. The molecule has 0 aliphatic heterocycles. The van der Waals surface area contributed by atoms with Gasteiger partial charge in [-0.15, -0.1) is 0 Å². The normalized spacial score (nSPS) is 28.8. The summed E-state index contributed by atoms with van der Waals surface area (Å²) in [4.78, 5) is 11.2. The first kappa shape index (κ1) is 11.7. The van der Waals surface area contributed by atoms with Crippen molar-refractivity contribution in [2.45, 2.75) is 39.5 Å². The second-order valence-electron chi connectivity index (χ2n) is 6.40. The third-order valence-electron chi connectivity index (χ3n) is 4.73. The fourth-order valence-corrected chi connectivity index (χ4v) is 4.18. The van der Waals surface area contributed by atoms with Crippen LogP contribution in [-0.4, -0.2) is 6.29 Å². The molecule has 2 aliphatic carbocycles. The molecule has 1 aromatic carbocycles. The molecule has 0 bridgehead atoms. The Bertz CT molecular complexity index is 536. The van der Waals surface area contributed by atoms with Crippen molar-refractivity contribution < 1.29 is 4.79 Å². The van der Waals surface area contributed by atoms with Crippen molar-refractivity contribution in [2.75, 3.05) is 0 Å². The predicted molar refractivity (Wildman–Crippen MR) is 74.3 cm³/mol. The monoisotopic (exact) mass is 240 g/mol. The fraction of sp³-hybridized carbons (Fsp3) is 0.471. The van der Waals surface area contributed by atoms with Crippen molar-refractivity contribution in [3.63, 3.8) is 0 Å². The number of carbonyl (C=O) groups excluding carboxylic acids is 1. The Labute approximate surface area is 109 Å². The zero-order valence-corrected chi connectivity index (χ0v) is 11.4. The molecule has 2 aliphatic rings. The zero-order valence-electron chi connectivity index (χ0n) is 11.4. The van der Waals surface area contributed by atoms with E-state index in [2.05, 4.69) is 45.0 Å². The first-order valence-corrected chi connectivity index (χ1v) is 6.80. The van der Waals surface area contributed by atoms with Gasteiger partial charge in [-0.25, -0.2) is 0 Å². The van der Waals surface area contributed by atoms with Crippen LogP contribution in [0.25, 0.3) is 5.57 Å². The zero-order chi connectivity index (χ0) is 12.9. The van der Waals surface area contributed by atoms with Crippen molar-refractivity contribution in [3.05, 3.63) is 41.0 Å². The molecule has 0 spiro atoms. The van der Waals surface area contributed by atoms with E-state index in [1.54, 1.807) is 5.57 Å². The number of aldehydes is 1. The molecule has 0 N–H and O–H groups in total. The van der Waals surface area contributed by atoms with Crippen LogP contribution in [0, 0.1) is 11.3 Å². The van der Waals surface area contributed by atoms with Gasteiger partial charge in [-0.1, -0.05) is 43.7 Å². The number of hydrogen-bond acceptors (Lipinski definition) is 1. The molecule has 0 saturated heterocycles. The van der Waals surface area contributed by atoms with Crippen LogP contribution in [0.15, 0.2) is 29.8 Å². The van der Waals surface area contributed by atoms with Gasteiger partial charge in [0.15, 0.2) is 0 Å².